The Morgan fingerprint density at radius 2 is 2.18 bits per heavy atom. The maximum atomic E-state index is 10.5. The van der Waals surface area contributed by atoms with Gasteiger partial charge in [-0.3, -0.25) is 9.69 Å². The van der Waals surface area contributed by atoms with Gasteiger partial charge in [-0.2, -0.15) is 0 Å². The van der Waals surface area contributed by atoms with Crippen molar-refractivity contribution < 1.29 is 9.90 Å². The zero-order chi connectivity index (χ0) is 7.56. The first kappa shape index (κ1) is 10.7. The number of nitrogens with zero attached hydrogens (tertiary/aromatic N) is 1. The van der Waals surface area contributed by atoms with E-state index in [0.29, 0.717) is 0 Å². The second kappa shape index (κ2) is 4.57. The van der Waals surface area contributed by atoms with Crippen LogP contribution in [0.25, 0.3) is 0 Å². The SMILES string of the molecule is CN1CCCC[C@H]1C(=O)O.Cl. The van der Waals surface area contributed by atoms with Crippen LogP contribution in [0.2, 0.25) is 0 Å². The lowest BCUT2D eigenvalue weighted by atomic mass is 10.0. The maximum Gasteiger partial charge on any atom is 0.320 e. The lowest BCUT2D eigenvalue weighted by molar-refractivity contribution is -0.143. The Hall–Kier alpha value is -0.280. The Balaban J connectivity index is 0.000001000. The minimum Gasteiger partial charge on any atom is -0.480 e. The number of carboxylic acid groups (broad SMARTS) is 1. The molecule has 1 saturated heterocycles. The molecule has 3 nitrogen and oxygen atoms in total. The molecular weight excluding hydrogens is 166 g/mol. The summed E-state index contributed by atoms with van der Waals surface area (Å²) in [6.45, 7) is 0.928. The van der Waals surface area contributed by atoms with Crippen molar-refractivity contribution in [1.82, 2.24) is 4.90 Å². The van der Waals surface area contributed by atoms with Gasteiger partial charge in [0.05, 0.1) is 0 Å². The van der Waals surface area contributed by atoms with Gasteiger partial charge in [0.25, 0.3) is 0 Å². The summed E-state index contributed by atoms with van der Waals surface area (Å²) in [4.78, 5) is 12.4. The Labute approximate surface area is 72.8 Å². The number of rotatable bonds is 1. The lowest BCUT2D eigenvalue weighted by Gasteiger charge is -2.28. The van der Waals surface area contributed by atoms with Crippen LogP contribution in [0.4, 0.5) is 0 Å². The number of aliphatic carboxylic acids is 1. The van der Waals surface area contributed by atoms with E-state index in [-0.39, 0.29) is 18.4 Å². The second-order valence-corrected chi connectivity index (χ2v) is 2.83. The summed E-state index contributed by atoms with van der Waals surface area (Å²) in [5, 5.41) is 8.67. The fourth-order valence-corrected chi connectivity index (χ4v) is 1.39. The first-order chi connectivity index (χ1) is 4.72. The minimum absolute atomic E-state index is 0. The number of piperidine rings is 1. The van der Waals surface area contributed by atoms with Crippen LogP contribution in [0.15, 0.2) is 0 Å². The first-order valence-electron chi connectivity index (χ1n) is 3.65. The molecule has 0 saturated carbocycles. The number of hydrogen-bond acceptors (Lipinski definition) is 2. The Bertz CT molecular complexity index is 140. The molecule has 0 aromatic carbocycles. The van der Waals surface area contributed by atoms with Crippen LogP contribution >= 0.6 is 12.4 Å². The van der Waals surface area contributed by atoms with Gasteiger partial charge >= 0.3 is 5.97 Å². The third kappa shape index (κ3) is 2.67. The van der Waals surface area contributed by atoms with Crippen molar-refractivity contribution in [3.05, 3.63) is 0 Å². The Morgan fingerprint density at radius 3 is 2.55 bits per heavy atom. The third-order valence-electron chi connectivity index (χ3n) is 2.06. The van der Waals surface area contributed by atoms with E-state index in [2.05, 4.69) is 0 Å². The van der Waals surface area contributed by atoms with E-state index in [0.717, 1.165) is 25.8 Å². The van der Waals surface area contributed by atoms with Gasteiger partial charge in [-0.05, 0) is 26.4 Å². The molecule has 4 heteroatoms. The van der Waals surface area contributed by atoms with Crippen LogP contribution < -0.4 is 0 Å². The number of likely N-dealkylation sites (N-methyl/N-ethyl adjacent to an activating group) is 1. The van der Waals surface area contributed by atoms with Gasteiger partial charge in [0.2, 0.25) is 0 Å². The molecule has 0 aromatic rings. The molecule has 1 fully saturated rings. The van der Waals surface area contributed by atoms with Crippen LogP contribution in [-0.2, 0) is 4.79 Å². The number of halogens is 1. The number of carbonyl (C=O) groups is 1. The smallest absolute Gasteiger partial charge is 0.320 e. The van der Waals surface area contributed by atoms with Gasteiger partial charge in [0.1, 0.15) is 6.04 Å². The topological polar surface area (TPSA) is 40.5 Å². The average molecular weight is 180 g/mol. The van der Waals surface area contributed by atoms with E-state index < -0.39 is 5.97 Å². The summed E-state index contributed by atoms with van der Waals surface area (Å²) in [7, 11) is 1.87. The summed E-state index contributed by atoms with van der Waals surface area (Å²) >= 11 is 0. The molecule has 0 bridgehead atoms. The summed E-state index contributed by atoms with van der Waals surface area (Å²) in [5.74, 6) is -0.679. The summed E-state index contributed by atoms with van der Waals surface area (Å²) in [6.07, 6.45) is 3.01. The van der Waals surface area contributed by atoms with Crippen molar-refractivity contribution in [3.8, 4) is 0 Å². The monoisotopic (exact) mass is 179 g/mol. The highest BCUT2D eigenvalue weighted by molar-refractivity contribution is 5.85. The molecule has 11 heavy (non-hydrogen) atoms. The highest BCUT2D eigenvalue weighted by Gasteiger charge is 2.24. The van der Waals surface area contributed by atoms with Gasteiger partial charge < -0.3 is 5.11 Å². The molecule has 0 unspecified atom stereocenters. The fourth-order valence-electron chi connectivity index (χ4n) is 1.39. The molecule has 0 radical (unpaired) electrons. The van der Waals surface area contributed by atoms with Crippen LogP contribution in [0.3, 0.4) is 0 Å². The molecule has 0 spiro atoms. The van der Waals surface area contributed by atoms with Gasteiger partial charge in [-0.25, -0.2) is 0 Å². The summed E-state index contributed by atoms with van der Waals surface area (Å²) in [6, 6.07) is -0.228. The fraction of sp³-hybridized carbons (Fsp3) is 0.857. The van der Waals surface area contributed by atoms with Gasteiger partial charge in [0, 0.05) is 0 Å². The van der Waals surface area contributed by atoms with E-state index in [1.165, 1.54) is 0 Å². The van der Waals surface area contributed by atoms with Crippen LogP contribution in [0.1, 0.15) is 19.3 Å². The van der Waals surface area contributed by atoms with Crippen LogP contribution in [-0.4, -0.2) is 35.6 Å². The van der Waals surface area contributed by atoms with Crippen molar-refractivity contribution in [2.45, 2.75) is 25.3 Å². The summed E-state index contributed by atoms with van der Waals surface area (Å²) in [5.41, 5.74) is 0. The average Bonchev–Trinajstić information content (AvgIpc) is 1.88. The Morgan fingerprint density at radius 1 is 1.55 bits per heavy atom. The van der Waals surface area contributed by atoms with Gasteiger partial charge in [-0.15, -0.1) is 12.4 Å². The largest absolute Gasteiger partial charge is 0.480 e. The highest BCUT2D eigenvalue weighted by Crippen LogP contribution is 2.14. The number of carboxylic acids is 1. The molecule has 0 amide bonds. The minimum atomic E-state index is -0.679. The molecule has 0 aliphatic carbocycles. The molecule has 1 atom stereocenters. The highest BCUT2D eigenvalue weighted by atomic mass is 35.5. The normalized spacial score (nSPS) is 25.7. The van der Waals surface area contributed by atoms with Crippen LogP contribution in [0.5, 0.6) is 0 Å². The number of hydrogen-bond donors (Lipinski definition) is 1. The van der Waals surface area contributed by atoms with E-state index in [1.54, 1.807) is 0 Å². The van der Waals surface area contributed by atoms with Crippen LogP contribution in [0, 0.1) is 0 Å². The van der Waals surface area contributed by atoms with Crippen molar-refractivity contribution in [3.63, 3.8) is 0 Å². The molecule has 66 valence electrons. The second-order valence-electron chi connectivity index (χ2n) is 2.83. The molecule has 1 N–H and O–H groups in total. The molecular formula is C7H14ClNO2. The zero-order valence-corrected chi connectivity index (χ0v) is 7.43. The van der Waals surface area contributed by atoms with Crippen molar-refractivity contribution in [2.24, 2.45) is 0 Å². The van der Waals surface area contributed by atoms with E-state index in [4.69, 9.17) is 5.11 Å². The molecule has 1 heterocycles. The predicted octanol–water partition coefficient (Wildman–Crippen LogP) is 0.977. The van der Waals surface area contributed by atoms with Crippen molar-refractivity contribution in [2.75, 3.05) is 13.6 Å². The standard InChI is InChI=1S/C7H13NO2.ClH/c1-8-5-3-2-4-6(8)7(9)10;/h6H,2-5H2,1H3,(H,9,10);1H/t6-;/m0./s1. The zero-order valence-electron chi connectivity index (χ0n) is 6.62. The molecule has 0 aromatic heterocycles. The third-order valence-corrected chi connectivity index (χ3v) is 2.06. The number of likely N-dealkylation sites (tertiary alicyclic amines) is 1. The van der Waals surface area contributed by atoms with Gasteiger partial charge in [0.15, 0.2) is 0 Å². The molecule has 1 aliphatic heterocycles. The first-order valence-corrected chi connectivity index (χ1v) is 3.65. The molecule has 1 aliphatic rings. The quantitative estimate of drug-likeness (QED) is 0.653. The Kier molecular flexibility index (Phi) is 4.45. The van der Waals surface area contributed by atoms with E-state index >= 15 is 0 Å². The lowest BCUT2D eigenvalue weighted by Crippen LogP contribution is -2.41. The summed E-state index contributed by atoms with van der Waals surface area (Å²) < 4.78 is 0. The molecule has 1 rings (SSSR count). The van der Waals surface area contributed by atoms with Crippen molar-refractivity contribution >= 4 is 18.4 Å². The van der Waals surface area contributed by atoms with Gasteiger partial charge in [-0.1, -0.05) is 6.42 Å². The van der Waals surface area contributed by atoms with Crippen molar-refractivity contribution in [1.29, 1.82) is 0 Å². The maximum absolute atomic E-state index is 10.5. The predicted molar refractivity (Wildman–Crippen MR) is 45.2 cm³/mol. The van der Waals surface area contributed by atoms with E-state index in [9.17, 15) is 4.79 Å². The van der Waals surface area contributed by atoms with E-state index in [1.807, 2.05) is 11.9 Å².